The number of carbonyl (C=O) groups is 4. The number of amides is 3. The molecule has 1 N–H and O–H groups in total. The molecule has 224 valence electrons. The molecule has 2 saturated heterocycles. The smallest absolute Gasteiger partial charge is 0.410 e. The van der Waals surface area contributed by atoms with Crippen LogP contribution < -0.4 is 5.32 Å². The third kappa shape index (κ3) is 8.06. The summed E-state index contributed by atoms with van der Waals surface area (Å²) in [6.45, 7) is 21.8. The van der Waals surface area contributed by atoms with Gasteiger partial charge in [0.15, 0.2) is 14.1 Å². The van der Waals surface area contributed by atoms with Gasteiger partial charge in [0, 0.05) is 20.0 Å². The topological polar surface area (TPSA) is 114 Å². The molecular weight excluding hydrogens is 530 g/mol. The largest absolute Gasteiger partial charge is 0.445 e. The lowest BCUT2D eigenvalue weighted by Gasteiger charge is -2.45. The van der Waals surface area contributed by atoms with Crippen molar-refractivity contribution in [1.29, 1.82) is 0 Å². The Hall–Kier alpha value is -2.92. The van der Waals surface area contributed by atoms with Gasteiger partial charge in [-0.1, -0.05) is 52.2 Å². The number of likely N-dealkylation sites (N-methyl/N-ethyl adjacent to an activating group) is 1. The molecule has 40 heavy (non-hydrogen) atoms. The Kier molecular flexibility index (Phi) is 11.3. The van der Waals surface area contributed by atoms with Gasteiger partial charge in [0.05, 0.1) is 30.1 Å². The number of hydrogen-bond donors (Lipinski definition) is 1. The summed E-state index contributed by atoms with van der Waals surface area (Å²) in [5.41, 5.74) is 0.474. The summed E-state index contributed by atoms with van der Waals surface area (Å²) in [6, 6.07) is -1.12. The van der Waals surface area contributed by atoms with Gasteiger partial charge >= 0.3 is 12.2 Å². The molecule has 2 aliphatic rings. The molecule has 0 bridgehead atoms. The van der Waals surface area contributed by atoms with Crippen LogP contribution in [0.2, 0.25) is 18.1 Å². The van der Waals surface area contributed by atoms with Gasteiger partial charge in [0.2, 0.25) is 5.91 Å². The maximum Gasteiger partial charge on any atom is 0.410 e. The number of likely N-dealkylation sites (tertiary alicyclic amines) is 1. The number of rotatable bonds is 12. The lowest BCUT2D eigenvalue weighted by atomic mass is 9.82. The molecule has 0 radical (unpaired) electrons. The molecule has 2 aliphatic heterocycles. The maximum atomic E-state index is 13.3. The number of nitrogens with one attached hydrogen (secondary N) is 1. The molecule has 10 nitrogen and oxygen atoms in total. The van der Waals surface area contributed by atoms with Crippen LogP contribution in [0.25, 0.3) is 0 Å². The molecule has 0 saturated carbocycles. The summed E-state index contributed by atoms with van der Waals surface area (Å²) in [4.78, 5) is 53.8. The Morgan fingerprint density at radius 1 is 1.18 bits per heavy atom. The lowest BCUT2D eigenvalue weighted by Crippen LogP contribution is -2.64. The van der Waals surface area contributed by atoms with Gasteiger partial charge in [-0.2, -0.15) is 0 Å². The van der Waals surface area contributed by atoms with E-state index in [0.717, 1.165) is 0 Å². The van der Waals surface area contributed by atoms with E-state index in [0.29, 0.717) is 12.0 Å². The summed E-state index contributed by atoms with van der Waals surface area (Å²) in [5, 5.41) is 2.87. The van der Waals surface area contributed by atoms with Crippen molar-refractivity contribution < 1.29 is 33.1 Å². The van der Waals surface area contributed by atoms with Crippen molar-refractivity contribution in [3.05, 3.63) is 37.0 Å². The van der Waals surface area contributed by atoms with Gasteiger partial charge in [-0.25, -0.2) is 9.59 Å². The predicted molar refractivity (Wildman–Crippen MR) is 156 cm³/mol. The highest BCUT2D eigenvalue weighted by Crippen LogP contribution is 2.39. The number of nitrogens with zero attached hydrogens (tertiary/aromatic N) is 2. The fraction of sp³-hybridized carbons (Fsp3) is 0.655. The quantitative estimate of drug-likeness (QED) is 0.158. The van der Waals surface area contributed by atoms with E-state index in [1.54, 1.807) is 20.0 Å². The standard InChI is InChI=1S/C29H47N3O7Si/c1-11-13-37-27(35)31(8)22-16-21(32(18-22)28(36)38-14-12-2)15-19(3)24(33)17-23-25(26(34)30-23)20(4)39-40(9,10)29(5,6)7/h11-12,15,20-23,25H,1-2,13-14,16-18H2,3-10H3,(H,30,34)/t20-,21-,22+,23-,25-/m1/s1. The van der Waals surface area contributed by atoms with Gasteiger partial charge in [0.1, 0.15) is 13.2 Å². The molecule has 0 aromatic carbocycles. The highest BCUT2D eigenvalue weighted by atomic mass is 28.4. The number of ether oxygens (including phenoxy) is 2. The fourth-order valence-corrected chi connectivity index (χ4v) is 6.15. The van der Waals surface area contributed by atoms with Crippen LogP contribution in [0.5, 0.6) is 0 Å². The summed E-state index contributed by atoms with van der Waals surface area (Å²) in [7, 11) is -0.481. The monoisotopic (exact) mass is 577 g/mol. The molecule has 0 aromatic heterocycles. The van der Waals surface area contributed by atoms with Crippen LogP contribution >= 0.6 is 0 Å². The molecule has 2 rings (SSSR count). The minimum Gasteiger partial charge on any atom is -0.445 e. The van der Waals surface area contributed by atoms with Gasteiger partial charge in [0.25, 0.3) is 0 Å². The Balaban J connectivity index is 2.14. The first-order valence-electron chi connectivity index (χ1n) is 13.8. The van der Waals surface area contributed by atoms with Crippen LogP contribution in [0.15, 0.2) is 37.0 Å². The molecule has 0 unspecified atom stereocenters. The summed E-state index contributed by atoms with van der Waals surface area (Å²) >= 11 is 0. The van der Waals surface area contributed by atoms with Crippen LogP contribution in [-0.2, 0) is 23.5 Å². The molecule has 3 amide bonds. The third-order valence-corrected chi connectivity index (χ3v) is 12.8. The molecule has 11 heteroatoms. The van der Waals surface area contributed by atoms with Crippen LogP contribution in [0.4, 0.5) is 9.59 Å². The number of carbonyl (C=O) groups excluding carboxylic acids is 4. The maximum absolute atomic E-state index is 13.3. The number of hydrogen-bond acceptors (Lipinski definition) is 7. The van der Waals surface area contributed by atoms with Gasteiger partial charge in [-0.05, 0) is 44.0 Å². The van der Waals surface area contributed by atoms with Gasteiger partial charge in [-0.3, -0.25) is 14.5 Å². The van der Waals surface area contributed by atoms with Crippen molar-refractivity contribution in [2.24, 2.45) is 5.92 Å². The average molecular weight is 578 g/mol. The van der Waals surface area contributed by atoms with Crippen LogP contribution in [-0.4, -0.2) is 93.0 Å². The first-order chi connectivity index (χ1) is 18.5. The van der Waals surface area contributed by atoms with E-state index >= 15 is 0 Å². The minimum atomic E-state index is -2.09. The first kappa shape index (κ1) is 33.3. The Labute approximate surface area is 239 Å². The van der Waals surface area contributed by atoms with Crippen molar-refractivity contribution >= 4 is 32.2 Å². The predicted octanol–water partition coefficient (Wildman–Crippen LogP) is 4.44. The van der Waals surface area contributed by atoms with E-state index < -0.39 is 32.5 Å². The first-order valence-corrected chi connectivity index (χ1v) is 16.7. The number of ketones is 1. The minimum absolute atomic E-state index is 0.000418. The van der Waals surface area contributed by atoms with E-state index in [1.165, 1.54) is 22.0 Å². The SMILES string of the molecule is C=CCOC(=O)N(C)[C@H]1C[C@@H](C=C(C)C(=O)C[C@H]2NC(=O)[C@@H]2[C@@H](C)O[Si](C)(C)C(C)(C)C)N(C(=O)OCC=C)C1. The van der Waals surface area contributed by atoms with Crippen LogP contribution in [0.3, 0.4) is 0 Å². The lowest BCUT2D eigenvalue weighted by molar-refractivity contribution is -0.141. The van der Waals surface area contributed by atoms with E-state index in [9.17, 15) is 19.2 Å². The number of β-lactam (4-membered cyclic amide) rings is 1. The fourth-order valence-electron chi connectivity index (χ4n) is 4.72. The van der Waals surface area contributed by atoms with Gasteiger partial charge in [-0.15, -0.1) is 0 Å². The van der Waals surface area contributed by atoms with Crippen molar-refractivity contribution in [2.45, 2.75) is 89.8 Å². The van der Waals surface area contributed by atoms with Crippen LogP contribution in [0, 0.1) is 5.92 Å². The Morgan fingerprint density at radius 2 is 1.77 bits per heavy atom. The van der Waals surface area contributed by atoms with E-state index in [2.05, 4.69) is 52.3 Å². The second-order valence-electron chi connectivity index (χ2n) is 12.2. The van der Waals surface area contributed by atoms with E-state index in [1.807, 2.05) is 6.92 Å². The summed E-state index contributed by atoms with van der Waals surface area (Å²) in [6.07, 6.45) is 3.85. The zero-order chi connectivity index (χ0) is 30.4. The van der Waals surface area contributed by atoms with Crippen molar-refractivity contribution in [3.8, 4) is 0 Å². The van der Waals surface area contributed by atoms with E-state index in [4.69, 9.17) is 13.9 Å². The molecular formula is C29H47N3O7Si. The van der Waals surface area contributed by atoms with Crippen LogP contribution in [0.1, 0.15) is 47.5 Å². The van der Waals surface area contributed by atoms with E-state index in [-0.39, 0.29) is 61.1 Å². The summed E-state index contributed by atoms with van der Waals surface area (Å²) in [5.74, 6) is -0.634. The van der Waals surface area contributed by atoms with Gasteiger partial charge < -0.3 is 24.1 Å². The second kappa shape index (κ2) is 13.6. The molecule has 0 spiro atoms. The normalized spacial score (nSPS) is 23.9. The molecule has 2 fully saturated rings. The molecule has 5 atom stereocenters. The Bertz CT molecular complexity index is 1020. The third-order valence-electron chi connectivity index (χ3n) is 8.18. The zero-order valence-corrected chi connectivity index (χ0v) is 26.3. The second-order valence-corrected chi connectivity index (χ2v) is 16.9. The van der Waals surface area contributed by atoms with Crippen molar-refractivity contribution in [3.63, 3.8) is 0 Å². The number of allylic oxidation sites excluding steroid dienone is 1. The van der Waals surface area contributed by atoms with Crippen molar-refractivity contribution in [2.75, 3.05) is 26.8 Å². The average Bonchev–Trinajstić information content (AvgIpc) is 3.27. The highest BCUT2D eigenvalue weighted by molar-refractivity contribution is 6.74. The van der Waals surface area contributed by atoms with Crippen molar-refractivity contribution in [1.82, 2.24) is 15.1 Å². The zero-order valence-electron chi connectivity index (χ0n) is 25.3. The highest BCUT2D eigenvalue weighted by Gasteiger charge is 2.48. The number of Topliss-reactive ketones (excluding diaryl/α,β-unsaturated/α-hetero) is 1. The summed E-state index contributed by atoms with van der Waals surface area (Å²) < 4.78 is 16.8. The Morgan fingerprint density at radius 3 is 2.33 bits per heavy atom. The molecule has 2 heterocycles. The molecule has 0 aromatic rings. The molecule has 0 aliphatic carbocycles.